The van der Waals surface area contributed by atoms with Gasteiger partial charge in [0.2, 0.25) is 0 Å². The highest BCUT2D eigenvalue weighted by Crippen LogP contribution is 2.19. The zero-order valence-corrected chi connectivity index (χ0v) is 11.7. The van der Waals surface area contributed by atoms with Gasteiger partial charge in [-0.05, 0) is 72.5 Å². The molecule has 0 saturated carbocycles. The van der Waals surface area contributed by atoms with Crippen molar-refractivity contribution in [3.63, 3.8) is 0 Å². The Labute approximate surface area is 102 Å². The highest BCUT2D eigenvalue weighted by molar-refractivity contribution is 4.77. The molecule has 16 heavy (non-hydrogen) atoms. The lowest BCUT2D eigenvalue weighted by Gasteiger charge is -2.24. The maximum absolute atomic E-state index is 3.55. The van der Waals surface area contributed by atoms with Crippen LogP contribution >= 0.6 is 0 Å². The minimum Gasteiger partial charge on any atom is -0.312 e. The largest absolute Gasteiger partial charge is 0.312 e. The van der Waals surface area contributed by atoms with Gasteiger partial charge < -0.3 is 10.2 Å². The molecular weight excluding hydrogens is 196 g/mol. The smallest absolute Gasteiger partial charge is 0.00965 e. The number of nitrogens with one attached hydrogen (secondary N) is 1. The first-order valence-electron chi connectivity index (χ1n) is 7.02. The average molecular weight is 226 g/mol. The summed E-state index contributed by atoms with van der Waals surface area (Å²) < 4.78 is 0. The molecule has 1 fully saturated rings. The molecule has 2 nitrogen and oxygen atoms in total. The van der Waals surface area contributed by atoms with E-state index in [1.165, 1.54) is 45.2 Å². The summed E-state index contributed by atoms with van der Waals surface area (Å²) in [6.07, 6.45) is 6.83. The summed E-state index contributed by atoms with van der Waals surface area (Å²) in [7, 11) is 0. The lowest BCUT2D eigenvalue weighted by Crippen LogP contribution is -2.37. The number of hydrogen-bond acceptors (Lipinski definition) is 2. The molecule has 0 aliphatic carbocycles. The lowest BCUT2D eigenvalue weighted by atomic mass is 10.1. The van der Waals surface area contributed by atoms with E-state index in [1.54, 1.807) is 0 Å². The molecule has 1 N–H and O–H groups in total. The second kappa shape index (κ2) is 6.61. The maximum atomic E-state index is 3.55. The van der Waals surface area contributed by atoms with Gasteiger partial charge in [0.15, 0.2) is 0 Å². The van der Waals surface area contributed by atoms with Crippen LogP contribution in [0.15, 0.2) is 0 Å². The third-order valence-corrected chi connectivity index (χ3v) is 3.50. The minimum absolute atomic E-state index is 0.277. The Balaban J connectivity index is 2.03. The molecule has 1 unspecified atom stereocenters. The van der Waals surface area contributed by atoms with E-state index in [-0.39, 0.29) is 5.54 Å². The summed E-state index contributed by atoms with van der Waals surface area (Å²) >= 11 is 0. The van der Waals surface area contributed by atoms with Crippen molar-refractivity contribution in [2.45, 2.75) is 71.4 Å². The molecule has 0 radical (unpaired) electrons. The van der Waals surface area contributed by atoms with Crippen LogP contribution in [0.2, 0.25) is 0 Å². The van der Waals surface area contributed by atoms with Crippen molar-refractivity contribution in [2.24, 2.45) is 0 Å². The first-order valence-corrected chi connectivity index (χ1v) is 7.02. The lowest BCUT2D eigenvalue weighted by molar-refractivity contribution is 0.242. The predicted octanol–water partition coefficient (Wildman–Crippen LogP) is 3.03. The van der Waals surface area contributed by atoms with E-state index in [2.05, 4.69) is 37.9 Å². The molecule has 1 saturated heterocycles. The van der Waals surface area contributed by atoms with Gasteiger partial charge in [-0.1, -0.05) is 6.92 Å². The van der Waals surface area contributed by atoms with Crippen molar-refractivity contribution in [2.75, 3.05) is 19.6 Å². The van der Waals surface area contributed by atoms with Gasteiger partial charge >= 0.3 is 0 Å². The normalized spacial score (nSPS) is 22.9. The molecular formula is C14H30N2. The molecule has 96 valence electrons. The number of nitrogens with zero attached hydrogens (tertiary/aromatic N) is 1. The van der Waals surface area contributed by atoms with Gasteiger partial charge in [0.1, 0.15) is 0 Å². The van der Waals surface area contributed by atoms with Crippen molar-refractivity contribution in [3.05, 3.63) is 0 Å². The Kier molecular flexibility index (Phi) is 5.77. The monoisotopic (exact) mass is 226 g/mol. The third kappa shape index (κ3) is 5.31. The molecule has 0 aromatic carbocycles. The van der Waals surface area contributed by atoms with Gasteiger partial charge in [-0.2, -0.15) is 0 Å². The molecule has 1 atom stereocenters. The summed E-state index contributed by atoms with van der Waals surface area (Å²) in [5.74, 6) is 0. The van der Waals surface area contributed by atoms with Crippen LogP contribution in [0, 0.1) is 0 Å². The Morgan fingerprint density at radius 2 is 2.00 bits per heavy atom. The Hall–Kier alpha value is -0.0800. The van der Waals surface area contributed by atoms with Crippen LogP contribution in [0.3, 0.4) is 0 Å². The fourth-order valence-corrected chi connectivity index (χ4v) is 2.56. The maximum Gasteiger partial charge on any atom is 0.00965 e. The molecule has 1 aliphatic rings. The van der Waals surface area contributed by atoms with Crippen molar-refractivity contribution in [1.82, 2.24) is 10.2 Å². The van der Waals surface area contributed by atoms with Crippen molar-refractivity contribution in [3.8, 4) is 0 Å². The van der Waals surface area contributed by atoms with Crippen LogP contribution in [0.25, 0.3) is 0 Å². The number of hydrogen-bond donors (Lipinski definition) is 1. The van der Waals surface area contributed by atoms with Crippen LogP contribution in [0.1, 0.15) is 59.8 Å². The minimum atomic E-state index is 0.277. The summed E-state index contributed by atoms with van der Waals surface area (Å²) in [5.41, 5.74) is 0.277. The number of rotatable bonds is 6. The van der Waals surface area contributed by atoms with Crippen LogP contribution in [0.4, 0.5) is 0 Å². The Bertz CT molecular complexity index is 184. The third-order valence-electron chi connectivity index (χ3n) is 3.50. The van der Waals surface area contributed by atoms with E-state index >= 15 is 0 Å². The first kappa shape index (κ1) is 14.0. The van der Waals surface area contributed by atoms with Gasteiger partial charge in [-0.3, -0.25) is 0 Å². The van der Waals surface area contributed by atoms with Crippen molar-refractivity contribution in [1.29, 1.82) is 0 Å². The highest BCUT2D eigenvalue weighted by atomic mass is 15.2. The van der Waals surface area contributed by atoms with Gasteiger partial charge in [-0.25, -0.2) is 0 Å². The van der Waals surface area contributed by atoms with Crippen LogP contribution < -0.4 is 5.32 Å². The van der Waals surface area contributed by atoms with Crippen LogP contribution in [-0.4, -0.2) is 36.1 Å². The van der Waals surface area contributed by atoms with E-state index in [0.717, 1.165) is 12.6 Å². The standard InChI is InChI=1S/C14H30N2/c1-5-13-9-8-12-16(13)11-7-6-10-15-14(2,3)4/h13,15H,5-12H2,1-4H3. The topological polar surface area (TPSA) is 15.3 Å². The second-order valence-electron chi connectivity index (χ2n) is 6.12. The predicted molar refractivity (Wildman–Crippen MR) is 71.9 cm³/mol. The van der Waals surface area contributed by atoms with E-state index in [1.807, 2.05) is 0 Å². The quantitative estimate of drug-likeness (QED) is 0.700. The summed E-state index contributed by atoms with van der Waals surface area (Å²) in [6.45, 7) is 12.8. The van der Waals surface area contributed by atoms with E-state index in [4.69, 9.17) is 0 Å². The summed E-state index contributed by atoms with van der Waals surface area (Å²) in [6, 6.07) is 0.885. The first-order chi connectivity index (χ1) is 7.53. The van der Waals surface area contributed by atoms with Crippen molar-refractivity contribution < 1.29 is 0 Å². The van der Waals surface area contributed by atoms with E-state index in [0.29, 0.717) is 0 Å². The molecule has 0 aromatic rings. The summed E-state index contributed by atoms with van der Waals surface area (Å²) in [5, 5.41) is 3.55. The fraction of sp³-hybridized carbons (Fsp3) is 1.00. The van der Waals surface area contributed by atoms with Gasteiger partial charge in [0, 0.05) is 11.6 Å². The molecule has 0 aromatic heterocycles. The summed E-state index contributed by atoms with van der Waals surface area (Å²) in [4.78, 5) is 2.69. The Morgan fingerprint density at radius 1 is 1.25 bits per heavy atom. The molecule has 1 aliphatic heterocycles. The van der Waals surface area contributed by atoms with Crippen LogP contribution in [-0.2, 0) is 0 Å². The molecule has 1 rings (SSSR count). The zero-order valence-electron chi connectivity index (χ0n) is 11.7. The SMILES string of the molecule is CCC1CCCN1CCCCNC(C)(C)C. The zero-order chi connectivity index (χ0) is 12.0. The van der Waals surface area contributed by atoms with Gasteiger partial charge in [0.05, 0.1) is 0 Å². The molecule has 0 amide bonds. The van der Waals surface area contributed by atoms with Gasteiger partial charge in [0.25, 0.3) is 0 Å². The fourth-order valence-electron chi connectivity index (χ4n) is 2.56. The Morgan fingerprint density at radius 3 is 2.62 bits per heavy atom. The molecule has 0 spiro atoms. The second-order valence-corrected chi connectivity index (χ2v) is 6.12. The molecule has 2 heteroatoms. The van der Waals surface area contributed by atoms with Gasteiger partial charge in [-0.15, -0.1) is 0 Å². The molecule has 0 bridgehead atoms. The average Bonchev–Trinajstić information content (AvgIpc) is 2.63. The number of unbranched alkanes of at least 4 members (excludes halogenated alkanes) is 1. The van der Waals surface area contributed by atoms with E-state index < -0.39 is 0 Å². The van der Waals surface area contributed by atoms with E-state index in [9.17, 15) is 0 Å². The highest BCUT2D eigenvalue weighted by Gasteiger charge is 2.21. The van der Waals surface area contributed by atoms with Crippen molar-refractivity contribution >= 4 is 0 Å². The molecule has 1 heterocycles. The number of likely N-dealkylation sites (tertiary alicyclic amines) is 1. The van der Waals surface area contributed by atoms with Crippen LogP contribution in [0.5, 0.6) is 0 Å².